The Bertz CT molecular complexity index is 779. The first-order chi connectivity index (χ1) is 12.0. The van der Waals surface area contributed by atoms with Crippen molar-refractivity contribution in [3.8, 4) is 0 Å². The third-order valence-corrected chi connectivity index (χ3v) is 6.05. The molecule has 0 spiro atoms. The smallest absolute Gasteiger partial charge is 0.335 e. The van der Waals surface area contributed by atoms with Gasteiger partial charge in [-0.3, -0.25) is 0 Å². The van der Waals surface area contributed by atoms with Gasteiger partial charge >= 0.3 is 5.97 Å². The molecule has 1 fully saturated rings. The minimum absolute atomic E-state index is 0.00753. The van der Waals surface area contributed by atoms with Gasteiger partial charge in [0.25, 0.3) is 0 Å². The molecule has 1 aromatic carbocycles. The summed E-state index contributed by atoms with van der Waals surface area (Å²) in [6, 6.07) is 4.34. The molecule has 1 aliphatic carbocycles. The molecule has 0 amide bonds. The fourth-order valence-electron chi connectivity index (χ4n) is 3.25. The molecule has 7 heteroatoms. The lowest BCUT2D eigenvalue weighted by atomic mass is 9.93. The van der Waals surface area contributed by atoms with E-state index in [0.717, 1.165) is 44.1 Å². The average molecular weight is 365 g/mol. The van der Waals surface area contributed by atoms with E-state index in [1.165, 1.54) is 6.07 Å². The first-order valence-corrected chi connectivity index (χ1v) is 10.1. The summed E-state index contributed by atoms with van der Waals surface area (Å²) in [6.45, 7) is 0.858. The second kappa shape index (κ2) is 7.68. The molecule has 1 atom stereocenters. The highest BCUT2D eigenvalue weighted by Gasteiger charge is 2.22. The summed E-state index contributed by atoms with van der Waals surface area (Å²) in [6.07, 6.45) is 7.63. The van der Waals surface area contributed by atoms with E-state index >= 15 is 0 Å². The van der Waals surface area contributed by atoms with E-state index in [4.69, 9.17) is 4.74 Å². The number of hydrogen-bond acceptors (Lipinski definition) is 4. The first kappa shape index (κ1) is 18.1. The second-order valence-corrected chi connectivity index (χ2v) is 8.28. The van der Waals surface area contributed by atoms with Crippen LogP contribution in [0.25, 0.3) is 5.57 Å². The molecule has 136 valence electrons. The SMILES string of the molecule is O=C(O)c1cc(C2=CCCCC2)cc(S(=O)(=O)NCC2CCCO2)c1. The van der Waals surface area contributed by atoms with Crippen LogP contribution in [0.3, 0.4) is 0 Å². The van der Waals surface area contributed by atoms with E-state index in [1.807, 2.05) is 0 Å². The van der Waals surface area contributed by atoms with Gasteiger partial charge in [-0.15, -0.1) is 0 Å². The van der Waals surface area contributed by atoms with Crippen LogP contribution >= 0.6 is 0 Å². The van der Waals surface area contributed by atoms with E-state index in [1.54, 1.807) is 12.1 Å². The Balaban J connectivity index is 1.89. The number of sulfonamides is 1. The van der Waals surface area contributed by atoms with Crippen LogP contribution in [-0.2, 0) is 14.8 Å². The number of rotatable bonds is 6. The van der Waals surface area contributed by atoms with Gasteiger partial charge in [-0.25, -0.2) is 17.9 Å². The molecule has 0 saturated carbocycles. The fourth-order valence-corrected chi connectivity index (χ4v) is 4.39. The van der Waals surface area contributed by atoms with Crippen molar-refractivity contribution in [3.05, 3.63) is 35.4 Å². The first-order valence-electron chi connectivity index (χ1n) is 8.65. The van der Waals surface area contributed by atoms with Gasteiger partial charge in [0, 0.05) is 13.2 Å². The summed E-state index contributed by atoms with van der Waals surface area (Å²) in [5.74, 6) is -1.13. The molecule has 25 heavy (non-hydrogen) atoms. The van der Waals surface area contributed by atoms with E-state index in [9.17, 15) is 18.3 Å². The Labute approximate surface area is 147 Å². The van der Waals surface area contributed by atoms with Crippen molar-refractivity contribution in [2.45, 2.75) is 49.5 Å². The van der Waals surface area contributed by atoms with E-state index in [0.29, 0.717) is 12.2 Å². The van der Waals surface area contributed by atoms with Gasteiger partial charge in [0.2, 0.25) is 10.0 Å². The molecule has 0 radical (unpaired) electrons. The van der Waals surface area contributed by atoms with Crippen molar-refractivity contribution in [2.24, 2.45) is 0 Å². The zero-order valence-electron chi connectivity index (χ0n) is 14.0. The van der Waals surface area contributed by atoms with Gasteiger partial charge in [0.15, 0.2) is 0 Å². The monoisotopic (exact) mass is 365 g/mol. The van der Waals surface area contributed by atoms with Crippen molar-refractivity contribution in [2.75, 3.05) is 13.2 Å². The highest BCUT2D eigenvalue weighted by Crippen LogP contribution is 2.29. The van der Waals surface area contributed by atoms with Gasteiger partial charge in [-0.05, 0) is 67.9 Å². The van der Waals surface area contributed by atoms with Crippen molar-refractivity contribution >= 4 is 21.6 Å². The topological polar surface area (TPSA) is 92.7 Å². The molecule has 1 heterocycles. The van der Waals surface area contributed by atoms with E-state index < -0.39 is 16.0 Å². The molecule has 1 unspecified atom stereocenters. The van der Waals surface area contributed by atoms with Crippen LogP contribution in [0.15, 0.2) is 29.2 Å². The van der Waals surface area contributed by atoms with Crippen LogP contribution in [0, 0.1) is 0 Å². The molecule has 0 bridgehead atoms. The van der Waals surface area contributed by atoms with Crippen LogP contribution in [0.4, 0.5) is 0 Å². The van der Waals surface area contributed by atoms with Crippen molar-refractivity contribution in [1.29, 1.82) is 0 Å². The fraction of sp³-hybridized carbons (Fsp3) is 0.500. The van der Waals surface area contributed by atoms with Crippen LogP contribution in [0.2, 0.25) is 0 Å². The number of carboxylic acids is 1. The lowest BCUT2D eigenvalue weighted by Crippen LogP contribution is -2.32. The Morgan fingerprint density at radius 3 is 2.72 bits per heavy atom. The average Bonchev–Trinajstić information content (AvgIpc) is 3.14. The standard InChI is InChI=1S/C18H23NO5S/c20-18(21)15-9-14(13-5-2-1-3-6-13)10-17(11-15)25(22,23)19-12-16-7-4-8-24-16/h5,9-11,16,19H,1-4,6-8,12H2,(H,20,21). The van der Waals surface area contributed by atoms with Crippen molar-refractivity contribution in [1.82, 2.24) is 4.72 Å². The Hall–Kier alpha value is -1.70. The largest absolute Gasteiger partial charge is 0.478 e. The Kier molecular flexibility index (Phi) is 5.56. The number of aromatic carboxylic acids is 1. The number of carboxylic acid groups (broad SMARTS) is 1. The van der Waals surface area contributed by atoms with Gasteiger partial charge in [0.05, 0.1) is 16.6 Å². The lowest BCUT2D eigenvalue weighted by molar-refractivity contribution is 0.0696. The number of benzene rings is 1. The summed E-state index contributed by atoms with van der Waals surface area (Å²) in [4.78, 5) is 11.4. The summed E-state index contributed by atoms with van der Waals surface area (Å²) in [5, 5.41) is 9.35. The van der Waals surface area contributed by atoms with Crippen LogP contribution in [-0.4, -0.2) is 38.7 Å². The predicted octanol–water partition coefficient (Wildman–Crippen LogP) is 2.80. The predicted molar refractivity (Wildman–Crippen MR) is 94.0 cm³/mol. The number of hydrogen-bond donors (Lipinski definition) is 2. The summed E-state index contributed by atoms with van der Waals surface area (Å²) >= 11 is 0. The highest BCUT2D eigenvalue weighted by molar-refractivity contribution is 7.89. The minimum Gasteiger partial charge on any atom is -0.478 e. The normalized spacial score (nSPS) is 21.1. The van der Waals surface area contributed by atoms with Crippen LogP contribution in [0.5, 0.6) is 0 Å². The van der Waals surface area contributed by atoms with Gasteiger partial charge < -0.3 is 9.84 Å². The molecule has 3 rings (SSSR count). The molecule has 0 aromatic heterocycles. The maximum Gasteiger partial charge on any atom is 0.335 e. The lowest BCUT2D eigenvalue weighted by Gasteiger charge is -2.16. The number of carbonyl (C=O) groups is 1. The maximum atomic E-state index is 12.6. The zero-order valence-corrected chi connectivity index (χ0v) is 14.8. The van der Waals surface area contributed by atoms with Crippen LogP contribution < -0.4 is 4.72 Å². The third-order valence-electron chi connectivity index (χ3n) is 4.65. The molecule has 1 aromatic rings. The quantitative estimate of drug-likeness (QED) is 0.809. The number of ether oxygens (including phenoxy) is 1. The van der Waals surface area contributed by atoms with Gasteiger partial charge in [-0.1, -0.05) is 6.08 Å². The summed E-state index contributed by atoms with van der Waals surface area (Å²) < 4.78 is 33.2. The Morgan fingerprint density at radius 1 is 1.24 bits per heavy atom. The van der Waals surface area contributed by atoms with E-state index in [-0.39, 0.29) is 23.1 Å². The van der Waals surface area contributed by atoms with Crippen molar-refractivity contribution < 1.29 is 23.1 Å². The number of allylic oxidation sites excluding steroid dienone is 2. The van der Waals surface area contributed by atoms with Gasteiger partial charge in [-0.2, -0.15) is 0 Å². The van der Waals surface area contributed by atoms with E-state index in [2.05, 4.69) is 10.8 Å². The minimum atomic E-state index is -3.79. The van der Waals surface area contributed by atoms with Crippen molar-refractivity contribution in [3.63, 3.8) is 0 Å². The highest BCUT2D eigenvalue weighted by atomic mass is 32.2. The molecule has 6 nitrogen and oxygen atoms in total. The second-order valence-electron chi connectivity index (χ2n) is 6.51. The summed E-state index contributed by atoms with van der Waals surface area (Å²) in [5.41, 5.74) is 1.68. The third kappa shape index (κ3) is 4.48. The Morgan fingerprint density at radius 2 is 2.08 bits per heavy atom. The van der Waals surface area contributed by atoms with Gasteiger partial charge in [0.1, 0.15) is 0 Å². The summed E-state index contributed by atoms with van der Waals surface area (Å²) in [7, 11) is -3.79. The molecule has 1 aliphatic heterocycles. The maximum absolute atomic E-state index is 12.6. The molecular formula is C18H23NO5S. The molecule has 2 N–H and O–H groups in total. The molecule has 1 saturated heterocycles. The molecule has 2 aliphatic rings. The zero-order chi connectivity index (χ0) is 17.9. The molecular weight excluding hydrogens is 342 g/mol. The number of nitrogens with one attached hydrogen (secondary N) is 1. The van der Waals surface area contributed by atoms with Crippen LogP contribution in [0.1, 0.15) is 54.4 Å².